The first-order valence-electron chi connectivity index (χ1n) is 6.18. The molecule has 0 spiro atoms. The molecule has 1 aliphatic heterocycles. The molecule has 0 radical (unpaired) electrons. The fraction of sp³-hybridized carbons (Fsp3) is 0.462. The number of hydrogen-bond donors (Lipinski definition) is 2. The van der Waals surface area contributed by atoms with E-state index in [4.69, 9.17) is 5.73 Å². The molecule has 1 unspecified atom stereocenters. The number of nitrogens with zero attached hydrogens (tertiary/aromatic N) is 2. The van der Waals surface area contributed by atoms with Gasteiger partial charge in [-0.05, 0) is 44.0 Å². The molecule has 1 aliphatic rings. The summed E-state index contributed by atoms with van der Waals surface area (Å²) in [7, 11) is 0. The van der Waals surface area contributed by atoms with Crippen LogP contribution in [0.4, 0.5) is 5.95 Å². The molecule has 1 fully saturated rings. The first-order valence-corrected chi connectivity index (χ1v) is 6.18. The number of aromatic nitrogens is 2. The summed E-state index contributed by atoms with van der Waals surface area (Å²) in [6.45, 7) is 5.30. The average Bonchev–Trinajstić information content (AvgIpc) is 2.89. The van der Waals surface area contributed by atoms with Gasteiger partial charge >= 0.3 is 0 Å². The van der Waals surface area contributed by atoms with E-state index < -0.39 is 0 Å². The highest BCUT2D eigenvalue weighted by Crippen LogP contribution is 2.23. The summed E-state index contributed by atoms with van der Waals surface area (Å²) in [6, 6.07) is 6.18. The van der Waals surface area contributed by atoms with Crippen LogP contribution in [-0.2, 0) is 6.54 Å². The normalized spacial score (nSPS) is 20.2. The first-order chi connectivity index (χ1) is 8.25. The second kappa shape index (κ2) is 4.04. The Bertz CT molecular complexity index is 538. The number of para-hydroxylation sites is 1. The third kappa shape index (κ3) is 1.78. The topological polar surface area (TPSA) is 55.9 Å². The number of imidazole rings is 1. The molecule has 0 aliphatic carbocycles. The SMILES string of the molecule is Cc1cccc2nc(N)n(CC3CCNC3)c12. The third-order valence-corrected chi connectivity index (χ3v) is 3.60. The minimum Gasteiger partial charge on any atom is -0.369 e. The molecule has 2 aromatic rings. The third-order valence-electron chi connectivity index (χ3n) is 3.60. The van der Waals surface area contributed by atoms with Crippen molar-refractivity contribution in [3.05, 3.63) is 23.8 Å². The Hall–Kier alpha value is -1.55. The highest BCUT2D eigenvalue weighted by atomic mass is 15.2. The maximum absolute atomic E-state index is 6.03. The van der Waals surface area contributed by atoms with Gasteiger partial charge in [-0.3, -0.25) is 0 Å². The summed E-state index contributed by atoms with van der Waals surface area (Å²) < 4.78 is 2.17. The number of nitrogens with one attached hydrogen (secondary N) is 1. The van der Waals surface area contributed by atoms with Crippen LogP contribution in [0.1, 0.15) is 12.0 Å². The zero-order valence-corrected chi connectivity index (χ0v) is 10.1. The van der Waals surface area contributed by atoms with Gasteiger partial charge in [-0.2, -0.15) is 0 Å². The smallest absolute Gasteiger partial charge is 0.201 e. The maximum Gasteiger partial charge on any atom is 0.201 e. The van der Waals surface area contributed by atoms with Crippen molar-refractivity contribution < 1.29 is 0 Å². The van der Waals surface area contributed by atoms with E-state index in [1.165, 1.54) is 17.5 Å². The fourth-order valence-electron chi connectivity index (χ4n) is 2.70. The maximum atomic E-state index is 6.03. The molecule has 0 saturated carbocycles. The van der Waals surface area contributed by atoms with E-state index >= 15 is 0 Å². The lowest BCUT2D eigenvalue weighted by atomic mass is 10.1. The Balaban J connectivity index is 2.04. The molecule has 0 bridgehead atoms. The molecule has 90 valence electrons. The molecule has 0 amide bonds. The number of benzene rings is 1. The number of anilines is 1. The second-order valence-corrected chi connectivity index (χ2v) is 4.88. The van der Waals surface area contributed by atoms with E-state index in [1.807, 2.05) is 12.1 Å². The van der Waals surface area contributed by atoms with Crippen LogP contribution >= 0.6 is 0 Å². The van der Waals surface area contributed by atoms with Crippen LogP contribution in [0.25, 0.3) is 11.0 Å². The van der Waals surface area contributed by atoms with E-state index in [-0.39, 0.29) is 0 Å². The van der Waals surface area contributed by atoms with Gasteiger partial charge in [0.2, 0.25) is 5.95 Å². The molecular formula is C13H18N4. The van der Waals surface area contributed by atoms with Crippen molar-refractivity contribution in [1.29, 1.82) is 0 Å². The van der Waals surface area contributed by atoms with E-state index in [9.17, 15) is 0 Å². The summed E-state index contributed by atoms with van der Waals surface area (Å²) in [5, 5.41) is 3.39. The monoisotopic (exact) mass is 230 g/mol. The molecule has 1 aromatic carbocycles. The molecule has 1 atom stereocenters. The highest BCUT2D eigenvalue weighted by Gasteiger charge is 2.18. The van der Waals surface area contributed by atoms with Gasteiger partial charge in [-0.1, -0.05) is 12.1 Å². The molecule has 2 heterocycles. The summed E-state index contributed by atoms with van der Waals surface area (Å²) in [5.41, 5.74) is 9.48. The van der Waals surface area contributed by atoms with Gasteiger partial charge in [0.05, 0.1) is 11.0 Å². The molecule has 3 N–H and O–H groups in total. The van der Waals surface area contributed by atoms with E-state index in [1.54, 1.807) is 0 Å². The van der Waals surface area contributed by atoms with Crippen LogP contribution in [-0.4, -0.2) is 22.6 Å². The first kappa shape index (κ1) is 10.6. The molecule has 1 aromatic heterocycles. The Labute approximate surface area is 101 Å². The quantitative estimate of drug-likeness (QED) is 0.822. The summed E-state index contributed by atoms with van der Waals surface area (Å²) in [4.78, 5) is 4.44. The van der Waals surface area contributed by atoms with Crippen molar-refractivity contribution in [3.63, 3.8) is 0 Å². The Kier molecular flexibility index (Phi) is 2.52. The van der Waals surface area contributed by atoms with Crippen molar-refractivity contribution >= 4 is 17.0 Å². The summed E-state index contributed by atoms with van der Waals surface area (Å²) in [5.74, 6) is 1.32. The predicted molar refractivity (Wildman–Crippen MR) is 69.9 cm³/mol. The lowest BCUT2D eigenvalue weighted by Crippen LogP contribution is -2.16. The highest BCUT2D eigenvalue weighted by molar-refractivity contribution is 5.81. The minimum absolute atomic E-state index is 0.640. The van der Waals surface area contributed by atoms with Gasteiger partial charge in [0.15, 0.2) is 0 Å². The molecular weight excluding hydrogens is 212 g/mol. The Morgan fingerprint density at radius 1 is 1.53 bits per heavy atom. The number of nitrogens with two attached hydrogens (primary N) is 1. The van der Waals surface area contributed by atoms with Crippen molar-refractivity contribution in [2.45, 2.75) is 19.9 Å². The lowest BCUT2D eigenvalue weighted by molar-refractivity contribution is 0.493. The second-order valence-electron chi connectivity index (χ2n) is 4.88. The van der Waals surface area contributed by atoms with Crippen molar-refractivity contribution in [3.8, 4) is 0 Å². The summed E-state index contributed by atoms with van der Waals surface area (Å²) in [6.07, 6.45) is 1.23. The van der Waals surface area contributed by atoms with E-state index in [2.05, 4.69) is 27.9 Å². The van der Waals surface area contributed by atoms with Gasteiger partial charge in [0, 0.05) is 6.54 Å². The van der Waals surface area contributed by atoms with Gasteiger partial charge in [-0.15, -0.1) is 0 Å². The Morgan fingerprint density at radius 2 is 2.41 bits per heavy atom. The number of fused-ring (bicyclic) bond motifs is 1. The van der Waals surface area contributed by atoms with Crippen molar-refractivity contribution in [2.75, 3.05) is 18.8 Å². The van der Waals surface area contributed by atoms with Gasteiger partial charge in [-0.25, -0.2) is 4.98 Å². The standard InChI is InChI=1S/C13H18N4/c1-9-3-2-4-11-12(9)17(13(14)16-11)8-10-5-6-15-7-10/h2-4,10,15H,5-8H2,1H3,(H2,14,16). The number of rotatable bonds is 2. The van der Waals surface area contributed by atoms with Crippen LogP contribution in [0.3, 0.4) is 0 Å². The largest absolute Gasteiger partial charge is 0.369 e. The molecule has 3 rings (SSSR count). The van der Waals surface area contributed by atoms with Gasteiger partial charge < -0.3 is 15.6 Å². The molecule has 4 nitrogen and oxygen atoms in total. The van der Waals surface area contributed by atoms with Crippen LogP contribution in [0.15, 0.2) is 18.2 Å². The predicted octanol–water partition coefficient (Wildman–Crippen LogP) is 1.54. The minimum atomic E-state index is 0.640. The zero-order chi connectivity index (χ0) is 11.8. The van der Waals surface area contributed by atoms with Gasteiger partial charge in [0.25, 0.3) is 0 Å². The summed E-state index contributed by atoms with van der Waals surface area (Å²) >= 11 is 0. The molecule has 4 heteroatoms. The Morgan fingerprint density at radius 3 is 3.18 bits per heavy atom. The molecule has 1 saturated heterocycles. The fourth-order valence-corrected chi connectivity index (χ4v) is 2.70. The van der Waals surface area contributed by atoms with E-state index in [0.29, 0.717) is 11.9 Å². The van der Waals surface area contributed by atoms with Crippen LogP contribution in [0.5, 0.6) is 0 Å². The number of hydrogen-bond acceptors (Lipinski definition) is 3. The van der Waals surface area contributed by atoms with Crippen molar-refractivity contribution in [2.24, 2.45) is 5.92 Å². The lowest BCUT2D eigenvalue weighted by Gasteiger charge is -2.12. The molecule has 17 heavy (non-hydrogen) atoms. The van der Waals surface area contributed by atoms with Crippen LogP contribution in [0, 0.1) is 12.8 Å². The number of aryl methyl sites for hydroxylation is 1. The zero-order valence-electron chi connectivity index (χ0n) is 10.1. The van der Waals surface area contributed by atoms with E-state index in [0.717, 1.165) is 25.2 Å². The van der Waals surface area contributed by atoms with Crippen LogP contribution in [0.2, 0.25) is 0 Å². The van der Waals surface area contributed by atoms with Gasteiger partial charge in [0.1, 0.15) is 0 Å². The van der Waals surface area contributed by atoms with Crippen LogP contribution < -0.4 is 11.1 Å². The van der Waals surface area contributed by atoms with Crippen molar-refractivity contribution in [1.82, 2.24) is 14.9 Å². The average molecular weight is 230 g/mol. The number of nitrogen functional groups attached to an aromatic ring is 1.